The predicted octanol–water partition coefficient (Wildman–Crippen LogP) is 3.85. The molecule has 2 heterocycles. The molecule has 1 amide bonds. The van der Waals surface area contributed by atoms with Crippen molar-refractivity contribution < 1.29 is 9.21 Å². The maximum Gasteiger partial charge on any atom is 0.230 e. The van der Waals surface area contributed by atoms with E-state index in [1.807, 2.05) is 23.1 Å². The van der Waals surface area contributed by atoms with Gasteiger partial charge in [0.05, 0.1) is 5.92 Å². The zero-order chi connectivity index (χ0) is 17.2. The van der Waals surface area contributed by atoms with E-state index in [-0.39, 0.29) is 11.8 Å². The van der Waals surface area contributed by atoms with Crippen molar-refractivity contribution in [3.8, 4) is 0 Å². The molecule has 1 aromatic heterocycles. The molecular formula is C20H25N3O2. The molecule has 5 nitrogen and oxygen atoms in total. The molecule has 1 aliphatic carbocycles. The fourth-order valence-electron chi connectivity index (χ4n) is 3.71. The van der Waals surface area contributed by atoms with Gasteiger partial charge in [-0.05, 0) is 37.7 Å². The third-order valence-electron chi connectivity index (χ3n) is 5.45. The number of likely N-dealkylation sites (tertiary alicyclic amines) is 1. The number of nitrogens with zero attached hydrogens (tertiary/aromatic N) is 3. The van der Waals surface area contributed by atoms with Gasteiger partial charge in [0.2, 0.25) is 17.7 Å². The summed E-state index contributed by atoms with van der Waals surface area (Å²) < 4.78 is 5.86. The highest BCUT2D eigenvalue weighted by Crippen LogP contribution is 2.40. The quantitative estimate of drug-likeness (QED) is 0.830. The number of benzene rings is 1. The minimum absolute atomic E-state index is 0.0392. The monoisotopic (exact) mass is 339 g/mol. The zero-order valence-corrected chi connectivity index (χ0v) is 14.7. The topological polar surface area (TPSA) is 59.2 Å². The number of hydrogen-bond donors (Lipinski definition) is 0. The molecule has 4 rings (SSSR count). The molecule has 2 aromatic rings. The molecule has 1 saturated heterocycles. The molecular weight excluding hydrogens is 314 g/mol. The van der Waals surface area contributed by atoms with Crippen molar-refractivity contribution in [1.29, 1.82) is 0 Å². The number of carbonyl (C=O) groups excluding carboxylic acids is 1. The van der Waals surface area contributed by atoms with Gasteiger partial charge in [0.25, 0.3) is 0 Å². The Balaban J connectivity index is 1.38. The summed E-state index contributed by atoms with van der Waals surface area (Å²) in [5, 5.41) is 8.44. The van der Waals surface area contributed by atoms with Crippen LogP contribution in [0.2, 0.25) is 0 Å². The molecule has 1 aliphatic heterocycles. The van der Waals surface area contributed by atoms with Gasteiger partial charge in [0.1, 0.15) is 0 Å². The van der Waals surface area contributed by atoms with Crippen LogP contribution in [0.4, 0.5) is 0 Å². The molecule has 2 aliphatic rings. The number of aromatic nitrogens is 2. The first-order valence-corrected chi connectivity index (χ1v) is 9.43. The van der Waals surface area contributed by atoms with Crippen molar-refractivity contribution in [3.63, 3.8) is 0 Å². The predicted molar refractivity (Wildman–Crippen MR) is 94.3 cm³/mol. The lowest BCUT2D eigenvalue weighted by atomic mass is 9.92. The lowest BCUT2D eigenvalue weighted by Gasteiger charge is -2.33. The summed E-state index contributed by atoms with van der Waals surface area (Å²) >= 11 is 0. The van der Waals surface area contributed by atoms with Crippen LogP contribution < -0.4 is 0 Å². The van der Waals surface area contributed by atoms with Crippen LogP contribution in [0.25, 0.3) is 0 Å². The molecule has 0 spiro atoms. The number of carbonyl (C=O) groups is 1. The van der Waals surface area contributed by atoms with E-state index in [1.165, 1.54) is 12.8 Å². The van der Waals surface area contributed by atoms with E-state index in [9.17, 15) is 4.79 Å². The number of piperidine rings is 1. The first kappa shape index (κ1) is 16.3. The Kier molecular flexibility index (Phi) is 4.55. The van der Waals surface area contributed by atoms with E-state index in [1.54, 1.807) is 0 Å². The molecule has 5 heteroatoms. The summed E-state index contributed by atoms with van der Waals surface area (Å²) in [6.07, 6.45) is 4.99. The van der Waals surface area contributed by atoms with Crippen LogP contribution in [-0.4, -0.2) is 34.1 Å². The van der Waals surface area contributed by atoms with Gasteiger partial charge in [-0.3, -0.25) is 4.79 Å². The highest BCUT2D eigenvalue weighted by Gasteiger charge is 2.33. The van der Waals surface area contributed by atoms with Crippen molar-refractivity contribution >= 4 is 5.91 Å². The second-order valence-corrected chi connectivity index (χ2v) is 7.22. The lowest BCUT2D eigenvalue weighted by Crippen LogP contribution is -2.40. The Morgan fingerprint density at radius 2 is 1.68 bits per heavy atom. The van der Waals surface area contributed by atoms with E-state index in [2.05, 4.69) is 29.3 Å². The Morgan fingerprint density at radius 1 is 1.08 bits per heavy atom. The third-order valence-corrected chi connectivity index (χ3v) is 5.45. The van der Waals surface area contributed by atoms with Crippen LogP contribution in [0, 0.1) is 0 Å². The van der Waals surface area contributed by atoms with Crippen LogP contribution in [0.5, 0.6) is 0 Å². The molecule has 2 fully saturated rings. The standard InChI is InChI=1S/C20H25N3O2/c1-2-17(14-6-4-3-5-7-14)20(24)23-12-10-16(11-13-23)19-22-21-18(25-19)15-8-9-15/h3-7,15-17H,2,8-13H2,1H3/t17-/m0/s1. The summed E-state index contributed by atoms with van der Waals surface area (Å²) in [5.74, 6) is 2.58. The van der Waals surface area contributed by atoms with Crippen molar-refractivity contribution in [2.24, 2.45) is 0 Å². The first-order valence-electron chi connectivity index (χ1n) is 9.43. The van der Waals surface area contributed by atoms with Crippen molar-refractivity contribution in [2.75, 3.05) is 13.1 Å². The van der Waals surface area contributed by atoms with Crippen molar-refractivity contribution in [3.05, 3.63) is 47.7 Å². The first-order chi connectivity index (χ1) is 12.3. The van der Waals surface area contributed by atoms with Gasteiger partial charge >= 0.3 is 0 Å². The summed E-state index contributed by atoms with van der Waals surface area (Å²) in [6.45, 7) is 3.63. The van der Waals surface area contributed by atoms with Crippen LogP contribution in [-0.2, 0) is 4.79 Å². The summed E-state index contributed by atoms with van der Waals surface area (Å²) in [7, 11) is 0. The van der Waals surface area contributed by atoms with E-state index in [4.69, 9.17) is 4.42 Å². The smallest absolute Gasteiger partial charge is 0.230 e. The second kappa shape index (κ2) is 6.98. The van der Waals surface area contributed by atoms with Crippen molar-refractivity contribution in [1.82, 2.24) is 15.1 Å². The Bertz CT molecular complexity index is 716. The minimum Gasteiger partial charge on any atom is -0.425 e. The fourth-order valence-corrected chi connectivity index (χ4v) is 3.71. The summed E-state index contributed by atoms with van der Waals surface area (Å²) in [4.78, 5) is 15.0. The molecule has 0 N–H and O–H groups in total. The average Bonchev–Trinajstić information content (AvgIpc) is 3.40. The maximum atomic E-state index is 12.9. The molecule has 0 radical (unpaired) electrons. The van der Waals surface area contributed by atoms with Gasteiger partial charge in [-0.1, -0.05) is 37.3 Å². The summed E-state index contributed by atoms with van der Waals surface area (Å²) in [6, 6.07) is 10.1. The third kappa shape index (κ3) is 3.46. The van der Waals surface area contributed by atoms with Gasteiger partial charge in [0, 0.05) is 24.9 Å². The van der Waals surface area contributed by atoms with Crippen molar-refractivity contribution in [2.45, 2.75) is 56.8 Å². The van der Waals surface area contributed by atoms with Gasteiger partial charge < -0.3 is 9.32 Å². The van der Waals surface area contributed by atoms with E-state index in [0.29, 0.717) is 11.8 Å². The molecule has 0 bridgehead atoms. The fraction of sp³-hybridized carbons (Fsp3) is 0.550. The molecule has 1 atom stereocenters. The molecule has 1 saturated carbocycles. The van der Waals surface area contributed by atoms with Crippen LogP contribution in [0.15, 0.2) is 34.7 Å². The lowest BCUT2D eigenvalue weighted by molar-refractivity contribution is -0.134. The average molecular weight is 339 g/mol. The highest BCUT2D eigenvalue weighted by atomic mass is 16.4. The Morgan fingerprint density at radius 3 is 2.24 bits per heavy atom. The largest absolute Gasteiger partial charge is 0.425 e. The molecule has 25 heavy (non-hydrogen) atoms. The zero-order valence-electron chi connectivity index (χ0n) is 14.7. The van der Waals surface area contributed by atoms with E-state index >= 15 is 0 Å². The normalized spacial score (nSPS) is 19.8. The van der Waals surface area contributed by atoms with Crippen LogP contribution >= 0.6 is 0 Å². The van der Waals surface area contributed by atoms with Crippen LogP contribution in [0.3, 0.4) is 0 Å². The SMILES string of the molecule is CC[C@H](C(=O)N1CCC(c2nnc(C3CC3)o2)CC1)c1ccccc1. The summed E-state index contributed by atoms with van der Waals surface area (Å²) in [5.41, 5.74) is 1.11. The second-order valence-electron chi connectivity index (χ2n) is 7.22. The van der Waals surface area contributed by atoms with Gasteiger partial charge in [-0.25, -0.2) is 0 Å². The highest BCUT2D eigenvalue weighted by molar-refractivity contribution is 5.83. The maximum absolute atomic E-state index is 12.9. The number of rotatable bonds is 5. The molecule has 132 valence electrons. The number of amides is 1. The minimum atomic E-state index is -0.0392. The Hall–Kier alpha value is -2.17. The Labute approximate surface area is 148 Å². The van der Waals surface area contributed by atoms with Gasteiger partial charge in [-0.15, -0.1) is 10.2 Å². The van der Waals surface area contributed by atoms with E-state index in [0.717, 1.165) is 49.7 Å². The molecule has 1 aromatic carbocycles. The van der Waals surface area contributed by atoms with Crippen LogP contribution in [0.1, 0.15) is 74.1 Å². The van der Waals surface area contributed by atoms with E-state index < -0.39 is 0 Å². The van der Waals surface area contributed by atoms with Gasteiger partial charge in [-0.2, -0.15) is 0 Å². The number of hydrogen-bond acceptors (Lipinski definition) is 4. The van der Waals surface area contributed by atoms with Gasteiger partial charge in [0.15, 0.2) is 0 Å². The molecule has 0 unspecified atom stereocenters.